The summed E-state index contributed by atoms with van der Waals surface area (Å²) >= 11 is 0. The van der Waals surface area contributed by atoms with E-state index < -0.39 is 6.04 Å². The van der Waals surface area contributed by atoms with Crippen LogP contribution in [0.25, 0.3) is 0 Å². The maximum atomic E-state index is 12.2. The number of carbonyl (C=O) groups is 2. The topological polar surface area (TPSA) is 67.4 Å². The number of hydrogen-bond donors (Lipinski definition) is 2. The van der Waals surface area contributed by atoms with Gasteiger partial charge in [-0.25, -0.2) is 4.79 Å². The summed E-state index contributed by atoms with van der Waals surface area (Å²) < 4.78 is 4.98. The molecule has 0 fully saturated rings. The van der Waals surface area contributed by atoms with Gasteiger partial charge < -0.3 is 15.4 Å². The molecule has 0 bridgehead atoms. The second-order valence-electron chi connectivity index (χ2n) is 4.94. The van der Waals surface area contributed by atoms with E-state index in [-0.39, 0.29) is 18.4 Å². The van der Waals surface area contributed by atoms with E-state index in [1.165, 1.54) is 0 Å². The highest BCUT2D eigenvalue weighted by Gasteiger charge is 2.19. The summed E-state index contributed by atoms with van der Waals surface area (Å²) in [5, 5.41) is 5.57. The molecule has 1 unspecified atom stereocenters. The second kappa shape index (κ2) is 8.58. The summed E-state index contributed by atoms with van der Waals surface area (Å²) in [6, 6.07) is 17.7. The quantitative estimate of drug-likeness (QED) is 0.802. The number of rotatable bonds is 6. The van der Waals surface area contributed by atoms with Crippen molar-refractivity contribution in [2.75, 3.05) is 11.9 Å². The monoisotopic (exact) mass is 312 g/mol. The van der Waals surface area contributed by atoms with Crippen molar-refractivity contribution >= 4 is 17.7 Å². The average Bonchev–Trinajstić information content (AvgIpc) is 2.56. The Morgan fingerprint density at radius 2 is 1.61 bits per heavy atom. The number of hydrogen-bond acceptors (Lipinski definition) is 3. The van der Waals surface area contributed by atoms with Gasteiger partial charge >= 0.3 is 12.0 Å². The highest BCUT2D eigenvalue weighted by Crippen LogP contribution is 2.17. The fraction of sp³-hybridized carbons (Fsp3) is 0.222. The normalized spacial score (nSPS) is 11.3. The van der Waals surface area contributed by atoms with Crippen LogP contribution < -0.4 is 10.6 Å². The van der Waals surface area contributed by atoms with E-state index in [9.17, 15) is 9.59 Å². The first kappa shape index (κ1) is 16.5. The number of urea groups is 1. The van der Waals surface area contributed by atoms with Crippen LogP contribution in [0, 0.1) is 0 Å². The van der Waals surface area contributed by atoms with E-state index in [2.05, 4.69) is 10.6 Å². The van der Waals surface area contributed by atoms with Crippen LogP contribution in [0.1, 0.15) is 24.9 Å². The summed E-state index contributed by atoms with van der Waals surface area (Å²) in [7, 11) is 0. The number of esters is 1. The number of ether oxygens (including phenoxy) is 1. The molecule has 5 heteroatoms. The highest BCUT2D eigenvalue weighted by molar-refractivity contribution is 5.89. The first-order chi connectivity index (χ1) is 11.2. The van der Waals surface area contributed by atoms with Crippen LogP contribution in [0.15, 0.2) is 60.7 Å². The molecule has 0 saturated heterocycles. The Kier molecular flexibility index (Phi) is 6.17. The van der Waals surface area contributed by atoms with Crippen molar-refractivity contribution in [3.8, 4) is 0 Å². The predicted molar refractivity (Wildman–Crippen MR) is 89.0 cm³/mol. The third-order valence-electron chi connectivity index (χ3n) is 3.22. The minimum absolute atomic E-state index is 0.0834. The molecule has 2 aromatic rings. The molecule has 0 radical (unpaired) electrons. The van der Waals surface area contributed by atoms with Crippen LogP contribution in [0.4, 0.5) is 10.5 Å². The molecule has 0 aliphatic carbocycles. The third-order valence-corrected chi connectivity index (χ3v) is 3.22. The Hall–Kier alpha value is -2.82. The summed E-state index contributed by atoms with van der Waals surface area (Å²) in [6.45, 7) is 2.07. The van der Waals surface area contributed by atoms with Gasteiger partial charge in [0.05, 0.1) is 19.1 Å². The lowest BCUT2D eigenvalue weighted by molar-refractivity contribution is -0.143. The summed E-state index contributed by atoms with van der Waals surface area (Å²) in [4.78, 5) is 23.9. The van der Waals surface area contributed by atoms with Gasteiger partial charge in [-0.3, -0.25) is 4.79 Å². The molecular formula is C18H20N2O3. The lowest BCUT2D eigenvalue weighted by atomic mass is 10.0. The lowest BCUT2D eigenvalue weighted by Gasteiger charge is -2.19. The smallest absolute Gasteiger partial charge is 0.319 e. The van der Waals surface area contributed by atoms with E-state index in [0.29, 0.717) is 12.3 Å². The summed E-state index contributed by atoms with van der Waals surface area (Å²) in [5.41, 5.74) is 1.54. The fourth-order valence-electron chi connectivity index (χ4n) is 2.17. The van der Waals surface area contributed by atoms with E-state index in [1.807, 2.05) is 48.5 Å². The first-order valence-corrected chi connectivity index (χ1v) is 7.52. The van der Waals surface area contributed by atoms with E-state index in [0.717, 1.165) is 5.56 Å². The van der Waals surface area contributed by atoms with Gasteiger partial charge in [0.1, 0.15) is 0 Å². The van der Waals surface area contributed by atoms with Crippen LogP contribution in [0.2, 0.25) is 0 Å². The molecule has 0 heterocycles. The van der Waals surface area contributed by atoms with Crippen molar-refractivity contribution in [1.82, 2.24) is 5.32 Å². The molecule has 0 aliphatic heterocycles. The van der Waals surface area contributed by atoms with E-state index in [4.69, 9.17) is 4.74 Å². The zero-order chi connectivity index (χ0) is 16.5. The maximum absolute atomic E-state index is 12.2. The van der Waals surface area contributed by atoms with Gasteiger partial charge in [-0.05, 0) is 24.6 Å². The Labute approximate surface area is 135 Å². The number of anilines is 1. The van der Waals surface area contributed by atoms with Crippen molar-refractivity contribution in [2.45, 2.75) is 19.4 Å². The SMILES string of the molecule is CCOC(=O)CC(NC(=O)Nc1ccccc1)c1ccccc1. The number of nitrogens with one attached hydrogen (secondary N) is 2. The summed E-state index contributed by atoms with van der Waals surface area (Å²) in [6.07, 6.45) is 0.0834. The van der Waals surface area contributed by atoms with Gasteiger partial charge in [0, 0.05) is 5.69 Å². The third kappa shape index (κ3) is 5.47. The van der Waals surface area contributed by atoms with E-state index in [1.54, 1.807) is 19.1 Å². The highest BCUT2D eigenvalue weighted by atomic mass is 16.5. The van der Waals surface area contributed by atoms with Gasteiger partial charge in [-0.2, -0.15) is 0 Å². The van der Waals surface area contributed by atoms with Crippen molar-refractivity contribution in [2.24, 2.45) is 0 Å². The number of amides is 2. The minimum Gasteiger partial charge on any atom is -0.466 e. The molecular weight excluding hydrogens is 292 g/mol. The second-order valence-corrected chi connectivity index (χ2v) is 4.94. The Balaban J connectivity index is 2.04. The Morgan fingerprint density at radius 1 is 1.00 bits per heavy atom. The van der Waals surface area contributed by atoms with Gasteiger partial charge in [0.2, 0.25) is 0 Å². The fourth-order valence-corrected chi connectivity index (χ4v) is 2.17. The molecule has 0 spiro atoms. The molecule has 0 aromatic heterocycles. The van der Waals surface area contributed by atoms with E-state index >= 15 is 0 Å². The van der Waals surface area contributed by atoms with Crippen molar-refractivity contribution in [3.63, 3.8) is 0 Å². The van der Waals surface area contributed by atoms with Crippen LogP contribution in [-0.2, 0) is 9.53 Å². The Bertz CT molecular complexity index is 629. The molecule has 1 atom stereocenters. The molecule has 5 nitrogen and oxygen atoms in total. The number of carbonyl (C=O) groups excluding carboxylic acids is 2. The van der Waals surface area contributed by atoms with Crippen LogP contribution in [0.5, 0.6) is 0 Å². The van der Waals surface area contributed by atoms with Crippen molar-refractivity contribution in [1.29, 1.82) is 0 Å². The lowest BCUT2D eigenvalue weighted by Crippen LogP contribution is -2.34. The molecule has 2 aromatic carbocycles. The molecule has 120 valence electrons. The predicted octanol–water partition coefficient (Wildman–Crippen LogP) is 3.50. The molecule has 2 amide bonds. The molecule has 2 N–H and O–H groups in total. The first-order valence-electron chi connectivity index (χ1n) is 7.52. The summed E-state index contributed by atoms with van der Waals surface area (Å²) in [5.74, 6) is -0.346. The number of benzene rings is 2. The molecule has 23 heavy (non-hydrogen) atoms. The maximum Gasteiger partial charge on any atom is 0.319 e. The van der Waals surface area contributed by atoms with Crippen molar-refractivity contribution < 1.29 is 14.3 Å². The standard InChI is InChI=1S/C18H20N2O3/c1-2-23-17(21)13-16(14-9-5-3-6-10-14)20-18(22)19-15-11-7-4-8-12-15/h3-12,16H,2,13H2,1H3,(H2,19,20,22). The molecule has 0 aliphatic rings. The molecule has 0 saturated carbocycles. The number of para-hydroxylation sites is 1. The Morgan fingerprint density at radius 3 is 2.22 bits per heavy atom. The molecule has 2 rings (SSSR count). The van der Waals surface area contributed by atoms with Crippen LogP contribution >= 0.6 is 0 Å². The van der Waals surface area contributed by atoms with Gasteiger partial charge in [0.15, 0.2) is 0 Å². The zero-order valence-electron chi connectivity index (χ0n) is 13.0. The van der Waals surface area contributed by atoms with Gasteiger partial charge in [0.25, 0.3) is 0 Å². The largest absolute Gasteiger partial charge is 0.466 e. The average molecular weight is 312 g/mol. The van der Waals surface area contributed by atoms with Crippen LogP contribution in [-0.4, -0.2) is 18.6 Å². The minimum atomic E-state index is -0.445. The van der Waals surface area contributed by atoms with Crippen LogP contribution in [0.3, 0.4) is 0 Å². The zero-order valence-corrected chi connectivity index (χ0v) is 13.0. The van der Waals surface area contributed by atoms with Crippen molar-refractivity contribution in [3.05, 3.63) is 66.2 Å². The van der Waals surface area contributed by atoms with Gasteiger partial charge in [-0.15, -0.1) is 0 Å². The van der Waals surface area contributed by atoms with Gasteiger partial charge in [-0.1, -0.05) is 48.5 Å².